The van der Waals surface area contributed by atoms with Crippen LogP contribution in [0.15, 0.2) is 11.4 Å². The van der Waals surface area contributed by atoms with Crippen LogP contribution < -0.4 is 5.32 Å². The molecule has 1 aromatic heterocycles. The molecule has 94 valence electrons. The second kappa shape index (κ2) is 6.39. The first kappa shape index (κ1) is 13.7. The predicted molar refractivity (Wildman–Crippen MR) is 67.4 cm³/mol. The molecule has 1 atom stereocenters. The number of carbonyl (C=O) groups is 2. The molecule has 0 aliphatic rings. The molecule has 0 saturated carbocycles. The molecular formula is C12H17NO3S. The van der Waals surface area contributed by atoms with Gasteiger partial charge in [-0.3, -0.25) is 9.59 Å². The van der Waals surface area contributed by atoms with Crippen molar-refractivity contribution in [2.24, 2.45) is 5.92 Å². The van der Waals surface area contributed by atoms with Gasteiger partial charge in [-0.15, -0.1) is 11.3 Å². The predicted octanol–water partition coefficient (Wildman–Crippen LogP) is 2.29. The third-order valence-electron chi connectivity index (χ3n) is 2.56. The van der Waals surface area contributed by atoms with Crippen LogP contribution in [-0.4, -0.2) is 23.5 Å². The first-order valence-electron chi connectivity index (χ1n) is 5.61. The summed E-state index contributed by atoms with van der Waals surface area (Å²) < 4.78 is 0. The van der Waals surface area contributed by atoms with E-state index in [9.17, 15) is 9.59 Å². The van der Waals surface area contributed by atoms with Gasteiger partial charge in [0.2, 0.25) is 0 Å². The third-order valence-corrected chi connectivity index (χ3v) is 3.58. The molecule has 4 nitrogen and oxygen atoms in total. The minimum Gasteiger partial charge on any atom is -0.481 e. The molecule has 0 aromatic carbocycles. The Bertz CT molecular complexity index is 400. The molecule has 1 aromatic rings. The summed E-state index contributed by atoms with van der Waals surface area (Å²) in [4.78, 5) is 23.3. The van der Waals surface area contributed by atoms with E-state index in [2.05, 4.69) is 5.32 Å². The van der Waals surface area contributed by atoms with Crippen LogP contribution in [0.1, 0.15) is 35.0 Å². The van der Waals surface area contributed by atoms with Crippen LogP contribution in [0.25, 0.3) is 0 Å². The van der Waals surface area contributed by atoms with E-state index in [0.717, 1.165) is 12.0 Å². The molecule has 0 radical (unpaired) electrons. The number of rotatable bonds is 6. The van der Waals surface area contributed by atoms with Gasteiger partial charge >= 0.3 is 5.97 Å². The third kappa shape index (κ3) is 3.85. The number of aliphatic carboxylic acids is 1. The molecule has 0 spiro atoms. The summed E-state index contributed by atoms with van der Waals surface area (Å²) in [6, 6.07) is 1.88. The van der Waals surface area contributed by atoms with Gasteiger partial charge in [0.1, 0.15) is 0 Å². The monoisotopic (exact) mass is 255 g/mol. The van der Waals surface area contributed by atoms with Crippen molar-refractivity contribution in [2.45, 2.75) is 26.7 Å². The smallest absolute Gasteiger partial charge is 0.308 e. The quantitative estimate of drug-likeness (QED) is 0.819. The summed E-state index contributed by atoms with van der Waals surface area (Å²) in [7, 11) is 0. The molecule has 1 heterocycles. The largest absolute Gasteiger partial charge is 0.481 e. The maximum absolute atomic E-state index is 11.8. The Hall–Kier alpha value is -1.36. The lowest BCUT2D eigenvalue weighted by atomic mass is 10.0. The fourth-order valence-corrected chi connectivity index (χ4v) is 2.40. The highest BCUT2D eigenvalue weighted by molar-refractivity contribution is 7.12. The second-order valence-electron chi connectivity index (χ2n) is 3.97. The maximum Gasteiger partial charge on any atom is 0.308 e. The minimum atomic E-state index is -0.852. The van der Waals surface area contributed by atoms with Crippen LogP contribution in [0.3, 0.4) is 0 Å². The van der Waals surface area contributed by atoms with Crippen molar-refractivity contribution in [1.82, 2.24) is 5.32 Å². The molecule has 1 rings (SSSR count). The number of carboxylic acid groups (broad SMARTS) is 1. The number of carbonyl (C=O) groups excluding carboxylic acids is 1. The van der Waals surface area contributed by atoms with Crippen molar-refractivity contribution in [3.05, 3.63) is 21.9 Å². The molecule has 0 saturated heterocycles. The van der Waals surface area contributed by atoms with Gasteiger partial charge in [0, 0.05) is 6.54 Å². The first-order valence-corrected chi connectivity index (χ1v) is 6.49. The van der Waals surface area contributed by atoms with E-state index >= 15 is 0 Å². The molecule has 0 aliphatic carbocycles. The highest BCUT2D eigenvalue weighted by Gasteiger charge is 2.18. The van der Waals surface area contributed by atoms with Crippen molar-refractivity contribution in [1.29, 1.82) is 0 Å². The highest BCUT2D eigenvalue weighted by atomic mass is 32.1. The number of carboxylic acids is 1. The fourth-order valence-electron chi connectivity index (χ4n) is 1.56. The molecule has 17 heavy (non-hydrogen) atoms. The van der Waals surface area contributed by atoms with Crippen molar-refractivity contribution in [2.75, 3.05) is 6.54 Å². The summed E-state index contributed by atoms with van der Waals surface area (Å²) >= 11 is 1.37. The topological polar surface area (TPSA) is 66.4 Å². The lowest BCUT2D eigenvalue weighted by Gasteiger charge is -2.11. The van der Waals surface area contributed by atoms with E-state index < -0.39 is 11.9 Å². The zero-order chi connectivity index (χ0) is 12.8. The van der Waals surface area contributed by atoms with Crippen molar-refractivity contribution < 1.29 is 14.7 Å². The van der Waals surface area contributed by atoms with Crippen LogP contribution >= 0.6 is 11.3 Å². The van der Waals surface area contributed by atoms with Crippen molar-refractivity contribution in [3.63, 3.8) is 0 Å². The SMILES string of the molecule is CCCC(CNC(=O)c1sccc1C)C(=O)O. The summed E-state index contributed by atoms with van der Waals surface area (Å²) in [6.07, 6.45) is 1.38. The number of nitrogens with one attached hydrogen (secondary N) is 1. The standard InChI is InChI=1S/C12H17NO3S/c1-3-4-9(12(15)16)7-13-11(14)10-8(2)5-6-17-10/h5-6,9H,3-4,7H2,1-2H3,(H,13,14)(H,15,16). The second-order valence-corrected chi connectivity index (χ2v) is 4.88. The molecule has 1 unspecified atom stereocenters. The van der Waals surface area contributed by atoms with Gasteiger partial charge in [0.15, 0.2) is 0 Å². The van der Waals surface area contributed by atoms with E-state index in [-0.39, 0.29) is 12.5 Å². The Morgan fingerprint density at radius 1 is 1.53 bits per heavy atom. The van der Waals surface area contributed by atoms with E-state index in [1.807, 2.05) is 25.3 Å². The molecule has 1 amide bonds. The Morgan fingerprint density at radius 3 is 2.71 bits per heavy atom. The van der Waals surface area contributed by atoms with Gasteiger partial charge in [-0.25, -0.2) is 0 Å². The minimum absolute atomic E-state index is 0.181. The van der Waals surface area contributed by atoms with Crippen LogP contribution in [0.5, 0.6) is 0 Å². The molecule has 0 aliphatic heterocycles. The van der Waals surface area contributed by atoms with E-state index in [1.165, 1.54) is 11.3 Å². The van der Waals surface area contributed by atoms with Gasteiger partial charge in [-0.2, -0.15) is 0 Å². The normalized spacial score (nSPS) is 12.1. The molecule has 0 fully saturated rings. The summed E-state index contributed by atoms with van der Waals surface area (Å²) in [5.74, 6) is -1.53. The molecule has 2 N–H and O–H groups in total. The summed E-state index contributed by atoms with van der Waals surface area (Å²) in [5.41, 5.74) is 0.926. The Kier molecular flexibility index (Phi) is 5.15. The number of aryl methyl sites for hydroxylation is 1. The summed E-state index contributed by atoms with van der Waals surface area (Å²) in [5, 5.41) is 13.5. The van der Waals surface area contributed by atoms with Gasteiger partial charge in [-0.05, 0) is 30.4 Å². The molecular weight excluding hydrogens is 238 g/mol. The van der Waals surface area contributed by atoms with Gasteiger partial charge in [0.05, 0.1) is 10.8 Å². The first-order chi connectivity index (χ1) is 8.06. The van der Waals surface area contributed by atoms with Gasteiger partial charge in [-0.1, -0.05) is 13.3 Å². The zero-order valence-electron chi connectivity index (χ0n) is 10.0. The van der Waals surface area contributed by atoms with Crippen LogP contribution in [-0.2, 0) is 4.79 Å². The number of hydrogen-bond donors (Lipinski definition) is 2. The lowest BCUT2D eigenvalue weighted by Crippen LogP contribution is -2.32. The van der Waals surface area contributed by atoms with Gasteiger partial charge in [0.25, 0.3) is 5.91 Å². The lowest BCUT2D eigenvalue weighted by molar-refractivity contribution is -0.141. The zero-order valence-corrected chi connectivity index (χ0v) is 10.8. The number of thiophene rings is 1. The Morgan fingerprint density at radius 2 is 2.24 bits per heavy atom. The summed E-state index contributed by atoms with van der Waals surface area (Å²) in [6.45, 7) is 3.99. The van der Waals surface area contributed by atoms with Crippen molar-refractivity contribution in [3.8, 4) is 0 Å². The van der Waals surface area contributed by atoms with Crippen LogP contribution in [0.4, 0.5) is 0 Å². The Balaban J connectivity index is 2.52. The van der Waals surface area contributed by atoms with E-state index in [4.69, 9.17) is 5.11 Å². The van der Waals surface area contributed by atoms with Crippen LogP contribution in [0.2, 0.25) is 0 Å². The molecule has 5 heteroatoms. The number of amides is 1. The van der Waals surface area contributed by atoms with Crippen LogP contribution in [0, 0.1) is 12.8 Å². The fraction of sp³-hybridized carbons (Fsp3) is 0.500. The molecule has 0 bridgehead atoms. The highest BCUT2D eigenvalue weighted by Crippen LogP contribution is 2.15. The Labute approximate surface area is 105 Å². The maximum atomic E-state index is 11.8. The van der Waals surface area contributed by atoms with Crippen molar-refractivity contribution >= 4 is 23.2 Å². The van der Waals surface area contributed by atoms with Gasteiger partial charge < -0.3 is 10.4 Å². The average molecular weight is 255 g/mol. The van der Waals surface area contributed by atoms with E-state index in [0.29, 0.717) is 11.3 Å². The average Bonchev–Trinajstić information content (AvgIpc) is 2.69. The number of hydrogen-bond acceptors (Lipinski definition) is 3. The van der Waals surface area contributed by atoms with E-state index in [1.54, 1.807) is 0 Å².